The van der Waals surface area contributed by atoms with E-state index in [9.17, 15) is 4.79 Å². The summed E-state index contributed by atoms with van der Waals surface area (Å²) in [5, 5.41) is 3.18. The molecule has 0 aromatic heterocycles. The highest BCUT2D eigenvalue weighted by Gasteiger charge is 2.12. The molecule has 2 nitrogen and oxygen atoms in total. The first-order valence-corrected chi connectivity index (χ1v) is 6.29. The van der Waals surface area contributed by atoms with E-state index < -0.39 is 0 Å². The van der Waals surface area contributed by atoms with Crippen LogP contribution in [0.5, 0.6) is 0 Å². The zero-order valence-corrected chi connectivity index (χ0v) is 12.5. The average Bonchev–Trinajstić information content (AvgIpc) is 2.10. The first kappa shape index (κ1) is 12.5. The number of hydrogen-bond donors (Lipinski definition) is 1. The summed E-state index contributed by atoms with van der Waals surface area (Å²) in [6.07, 6.45) is 0. The molecule has 0 saturated carbocycles. The summed E-state index contributed by atoms with van der Waals surface area (Å²) in [6.45, 7) is 1.44. The summed E-state index contributed by atoms with van der Waals surface area (Å²) < 4.78 is 2.19. The van der Waals surface area contributed by atoms with Crippen molar-refractivity contribution in [3.8, 4) is 0 Å². The van der Waals surface area contributed by atoms with Crippen molar-refractivity contribution in [2.45, 2.75) is 6.92 Å². The highest BCUT2D eigenvalue weighted by molar-refractivity contribution is 9.13. The lowest BCUT2D eigenvalue weighted by atomic mass is 10.3. The predicted molar refractivity (Wildman–Crippen MR) is 68.9 cm³/mol. The molecule has 1 aromatic carbocycles. The van der Waals surface area contributed by atoms with Gasteiger partial charge in [-0.25, -0.2) is 0 Å². The van der Waals surface area contributed by atoms with Crippen molar-refractivity contribution >= 4 is 71.0 Å². The molecular weight excluding hydrogens is 401 g/mol. The zero-order chi connectivity index (χ0) is 10.9. The van der Waals surface area contributed by atoms with Crippen molar-refractivity contribution in [1.29, 1.82) is 0 Å². The van der Waals surface area contributed by atoms with E-state index >= 15 is 0 Å². The normalized spacial score (nSPS) is 10.1. The Bertz CT molecular complexity index is 395. The van der Waals surface area contributed by atoms with Crippen LogP contribution in [0.25, 0.3) is 0 Å². The Labute approximate surface area is 112 Å². The summed E-state index contributed by atoms with van der Waals surface area (Å²) in [7, 11) is 0. The van der Waals surface area contributed by atoms with E-state index in [1.807, 2.05) is 0 Å². The van der Waals surface area contributed by atoms with Gasteiger partial charge >= 0.3 is 0 Å². The largest absolute Gasteiger partial charge is 0.325 e. The number of carbonyl (C=O) groups is 1. The van der Waals surface area contributed by atoms with E-state index in [0.29, 0.717) is 15.2 Å². The van der Waals surface area contributed by atoms with Crippen LogP contribution < -0.4 is 5.32 Å². The van der Waals surface area contributed by atoms with Crippen molar-refractivity contribution in [3.05, 3.63) is 24.5 Å². The Kier molecular flexibility index (Phi) is 4.43. The Hall–Kier alpha value is 0.420. The number of halogens is 4. The highest BCUT2D eigenvalue weighted by atomic mass is 79.9. The first-order chi connectivity index (χ1) is 6.43. The second-order valence-electron chi connectivity index (χ2n) is 2.53. The molecule has 1 N–H and O–H groups in total. The molecule has 0 unspecified atom stereocenters. The van der Waals surface area contributed by atoms with Crippen molar-refractivity contribution in [2.75, 3.05) is 5.32 Å². The van der Waals surface area contributed by atoms with Crippen LogP contribution in [0.4, 0.5) is 5.69 Å². The summed E-state index contributed by atoms with van der Waals surface area (Å²) in [5.41, 5.74) is 0.637. The molecule has 0 spiro atoms. The minimum absolute atomic E-state index is 0.143. The van der Waals surface area contributed by atoms with Gasteiger partial charge in [0.2, 0.25) is 5.91 Å². The topological polar surface area (TPSA) is 29.1 Å². The van der Waals surface area contributed by atoms with Crippen molar-refractivity contribution in [1.82, 2.24) is 0 Å². The van der Waals surface area contributed by atoms with Gasteiger partial charge in [-0.15, -0.1) is 0 Å². The summed E-state index contributed by atoms with van der Waals surface area (Å²) in [5.74, 6) is -0.143. The van der Waals surface area contributed by atoms with Crippen LogP contribution in [-0.4, -0.2) is 5.91 Å². The third-order valence-electron chi connectivity index (χ3n) is 1.41. The average molecular weight is 406 g/mol. The maximum atomic E-state index is 10.9. The van der Waals surface area contributed by atoms with Gasteiger partial charge in [0.1, 0.15) is 0 Å². The molecule has 0 aliphatic rings. The van der Waals surface area contributed by atoms with Gasteiger partial charge in [0.15, 0.2) is 0 Å². The van der Waals surface area contributed by atoms with Crippen LogP contribution in [0, 0.1) is 0 Å². The molecule has 0 bridgehead atoms. The maximum absolute atomic E-state index is 10.9. The lowest BCUT2D eigenvalue weighted by Gasteiger charge is -2.09. The monoisotopic (exact) mass is 403 g/mol. The molecule has 0 aliphatic carbocycles. The number of carbonyl (C=O) groups excluding carboxylic acids is 1. The highest BCUT2D eigenvalue weighted by Crippen LogP contribution is 2.41. The van der Waals surface area contributed by atoms with Crippen molar-refractivity contribution in [2.24, 2.45) is 0 Å². The lowest BCUT2D eigenvalue weighted by molar-refractivity contribution is -0.114. The molecule has 0 radical (unpaired) electrons. The number of amides is 1. The number of anilines is 1. The van der Waals surface area contributed by atoms with Crippen LogP contribution in [0.2, 0.25) is 5.02 Å². The third-order valence-corrected chi connectivity index (χ3v) is 5.05. The molecule has 0 fully saturated rings. The maximum Gasteiger partial charge on any atom is 0.221 e. The van der Waals surface area contributed by atoms with Crippen LogP contribution in [-0.2, 0) is 4.79 Å². The molecule has 6 heteroatoms. The third kappa shape index (κ3) is 2.72. The van der Waals surface area contributed by atoms with Gasteiger partial charge in [-0.3, -0.25) is 4.79 Å². The molecular formula is C8H5Br3ClNO. The van der Waals surface area contributed by atoms with Gasteiger partial charge in [-0.2, -0.15) is 0 Å². The Balaban J connectivity index is 3.25. The van der Waals surface area contributed by atoms with E-state index in [1.54, 1.807) is 6.07 Å². The van der Waals surface area contributed by atoms with E-state index in [-0.39, 0.29) is 5.91 Å². The van der Waals surface area contributed by atoms with Gasteiger partial charge in [0.25, 0.3) is 0 Å². The molecule has 14 heavy (non-hydrogen) atoms. The van der Waals surface area contributed by atoms with Crippen LogP contribution >= 0.6 is 59.4 Å². The summed E-state index contributed by atoms with van der Waals surface area (Å²) >= 11 is 15.9. The van der Waals surface area contributed by atoms with Crippen molar-refractivity contribution in [3.63, 3.8) is 0 Å². The van der Waals surface area contributed by atoms with Gasteiger partial charge in [0, 0.05) is 11.4 Å². The number of rotatable bonds is 1. The molecule has 1 rings (SSSR count). The molecule has 0 saturated heterocycles. The van der Waals surface area contributed by atoms with Gasteiger partial charge in [-0.1, -0.05) is 11.6 Å². The minimum Gasteiger partial charge on any atom is -0.325 e. The SMILES string of the molecule is CC(=O)Nc1cc(Br)c(Br)c(Cl)c1Br. The van der Waals surface area contributed by atoms with E-state index in [0.717, 1.165) is 8.95 Å². The van der Waals surface area contributed by atoms with Crippen molar-refractivity contribution < 1.29 is 4.79 Å². The van der Waals surface area contributed by atoms with E-state index in [4.69, 9.17) is 11.6 Å². The molecule has 1 amide bonds. The molecule has 76 valence electrons. The fourth-order valence-electron chi connectivity index (χ4n) is 0.853. The second kappa shape index (κ2) is 4.96. The number of nitrogens with one attached hydrogen (secondary N) is 1. The standard InChI is InChI=1S/C8H5Br3ClNO/c1-3(14)13-5-2-4(9)6(10)8(12)7(5)11/h2H,1H3,(H,13,14). The number of hydrogen-bond acceptors (Lipinski definition) is 1. The zero-order valence-electron chi connectivity index (χ0n) is 7.00. The summed E-state index contributed by atoms with van der Waals surface area (Å²) in [6, 6.07) is 1.77. The second-order valence-corrected chi connectivity index (χ2v) is 5.35. The minimum atomic E-state index is -0.143. The van der Waals surface area contributed by atoms with E-state index in [2.05, 4.69) is 53.1 Å². The van der Waals surface area contributed by atoms with E-state index in [1.165, 1.54) is 6.92 Å². The first-order valence-electron chi connectivity index (χ1n) is 3.54. The fourth-order valence-corrected chi connectivity index (χ4v) is 2.59. The lowest BCUT2D eigenvalue weighted by Crippen LogP contribution is -2.06. The predicted octanol–water partition coefficient (Wildman–Crippen LogP) is 4.59. The van der Waals surface area contributed by atoms with Crippen LogP contribution in [0.3, 0.4) is 0 Å². The molecule has 0 aliphatic heterocycles. The van der Waals surface area contributed by atoms with Crippen LogP contribution in [0.1, 0.15) is 6.92 Å². The Morgan fingerprint density at radius 3 is 2.43 bits per heavy atom. The van der Waals surface area contributed by atoms with Gasteiger partial charge in [-0.05, 0) is 53.9 Å². The molecule has 0 heterocycles. The quantitative estimate of drug-likeness (QED) is 0.537. The molecule has 1 aromatic rings. The van der Waals surface area contributed by atoms with Gasteiger partial charge < -0.3 is 5.32 Å². The molecule has 0 atom stereocenters. The summed E-state index contributed by atoms with van der Waals surface area (Å²) in [4.78, 5) is 10.9. The Morgan fingerprint density at radius 2 is 1.93 bits per heavy atom. The smallest absolute Gasteiger partial charge is 0.221 e. The van der Waals surface area contributed by atoms with Gasteiger partial charge in [0.05, 0.1) is 19.7 Å². The Morgan fingerprint density at radius 1 is 1.36 bits per heavy atom. The number of benzene rings is 1. The van der Waals surface area contributed by atoms with Crippen LogP contribution in [0.15, 0.2) is 19.5 Å². The fraction of sp³-hybridized carbons (Fsp3) is 0.125.